The van der Waals surface area contributed by atoms with E-state index in [2.05, 4.69) is 25.5 Å². The van der Waals surface area contributed by atoms with Crippen LogP contribution in [-0.2, 0) is 4.74 Å². The van der Waals surface area contributed by atoms with Crippen LogP contribution in [0, 0.1) is 0 Å². The number of morpholine rings is 1. The third-order valence-corrected chi connectivity index (χ3v) is 3.60. The van der Waals surface area contributed by atoms with Crippen molar-refractivity contribution in [3.05, 3.63) is 36.4 Å². The summed E-state index contributed by atoms with van der Waals surface area (Å²) < 4.78 is 5.36. The molecule has 0 radical (unpaired) electrons. The zero-order valence-electron chi connectivity index (χ0n) is 13.0. The topological polar surface area (TPSA) is 88.3 Å². The molecule has 4 N–H and O–H groups in total. The summed E-state index contributed by atoms with van der Waals surface area (Å²) in [5.41, 5.74) is 6.93. The summed E-state index contributed by atoms with van der Waals surface area (Å²) in [5.74, 6) is 1.88. The van der Waals surface area contributed by atoms with Crippen molar-refractivity contribution in [3.63, 3.8) is 0 Å². The number of anilines is 4. The average molecular weight is 314 g/mol. The van der Waals surface area contributed by atoms with Crippen molar-refractivity contribution in [2.75, 3.05) is 60.7 Å². The van der Waals surface area contributed by atoms with E-state index in [1.165, 1.54) is 0 Å². The first-order valence-corrected chi connectivity index (χ1v) is 7.81. The zero-order valence-corrected chi connectivity index (χ0v) is 13.0. The van der Waals surface area contributed by atoms with Crippen LogP contribution in [0.3, 0.4) is 0 Å². The molecule has 3 rings (SSSR count). The van der Waals surface area contributed by atoms with Gasteiger partial charge in [-0.05, 0) is 12.1 Å². The highest BCUT2D eigenvalue weighted by Gasteiger charge is 2.14. The predicted octanol–water partition coefficient (Wildman–Crippen LogP) is 1.42. The van der Waals surface area contributed by atoms with E-state index in [1.54, 1.807) is 0 Å². The Kier molecular flexibility index (Phi) is 5.10. The van der Waals surface area contributed by atoms with Crippen LogP contribution in [0.25, 0.3) is 0 Å². The van der Waals surface area contributed by atoms with E-state index in [-0.39, 0.29) is 5.95 Å². The lowest BCUT2D eigenvalue weighted by Crippen LogP contribution is -2.37. The van der Waals surface area contributed by atoms with E-state index in [4.69, 9.17) is 10.5 Å². The van der Waals surface area contributed by atoms with E-state index in [1.807, 2.05) is 36.4 Å². The number of nitrogen functional groups attached to an aromatic ring is 1. The minimum atomic E-state index is 0.285. The maximum Gasteiger partial charge on any atom is 0.223 e. The first-order valence-electron chi connectivity index (χ1n) is 7.81. The Balaban J connectivity index is 1.54. The number of nitrogens with one attached hydrogen (secondary N) is 2. The van der Waals surface area contributed by atoms with Gasteiger partial charge in [-0.25, -0.2) is 0 Å². The van der Waals surface area contributed by atoms with Gasteiger partial charge in [0.05, 0.1) is 13.2 Å². The van der Waals surface area contributed by atoms with E-state index in [0.29, 0.717) is 13.2 Å². The molecule has 2 aromatic rings. The van der Waals surface area contributed by atoms with E-state index in [0.717, 1.165) is 43.5 Å². The van der Waals surface area contributed by atoms with Crippen LogP contribution >= 0.6 is 0 Å². The smallest absolute Gasteiger partial charge is 0.223 e. The summed E-state index contributed by atoms with van der Waals surface area (Å²) in [6.45, 7) is 4.62. The first kappa shape index (κ1) is 15.4. The van der Waals surface area contributed by atoms with Crippen LogP contribution < -0.4 is 21.3 Å². The molecular formula is C16H22N6O. The average Bonchev–Trinajstić information content (AvgIpc) is 2.60. The minimum absolute atomic E-state index is 0.285. The van der Waals surface area contributed by atoms with E-state index < -0.39 is 0 Å². The molecule has 7 heteroatoms. The fraction of sp³-hybridized carbons (Fsp3) is 0.375. The maximum absolute atomic E-state index is 5.83. The number of aromatic nitrogens is 2. The summed E-state index contributed by atoms with van der Waals surface area (Å²) in [6, 6.07) is 12.0. The molecule has 1 aromatic heterocycles. The molecule has 1 aromatic carbocycles. The maximum atomic E-state index is 5.83. The van der Waals surface area contributed by atoms with Crippen molar-refractivity contribution in [2.24, 2.45) is 0 Å². The molecule has 23 heavy (non-hydrogen) atoms. The predicted molar refractivity (Wildman–Crippen MR) is 92.9 cm³/mol. The van der Waals surface area contributed by atoms with Gasteiger partial charge in [-0.2, -0.15) is 9.97 Å². The second kappa shape index (κ2) is 7.64. The number of hydrogen-bond acceptors (Lipinski definition) is 7. The largest absolute Gasteiger partial charge is 0.383 e. The van der Waals surface area contributed by atoms with Crippen molar-refractivity contribution in [2.45, 2.75) is 0 Å². The van der Waals surface area contributed by atoms with E-state index >= 15 is 0 Å². The van der Waals surface area contributed by atoms with Gasteiger partial charge in [-0.3, -0.25) is 0 Å². The lowest BCUT2D eigenvalue weighted by atomic mass is 10.3. The molecule has 122 valence electrons. The molecule has 0 atom stereocenters. The Morgan fingerprint density at radius 3 is 2.57 bits per heavy atom. The Morgan fingerprint density at radius 1 is 1.04 bits per heavy atom. The van der Waals surface area contributed by atoms with Crippen LogP contribution in [0.15, 0.2) is 36.4 Å². The van der Waals surface area contributed by atoms with E-state index in [9.17, 15) is 0 Å². The van der Waals surface area contributed by atoms with Crippen molar-refractivity contribution in [3.8, 4) is 0 Å². The van der Waals surface area contributed by atoms with Crippen LogP contribution in [-0.4, -0.2) is 49.4 Å². The molecule has 1 aliphatic heterocycles. The summed E-state index contributed by atoms with van der Waals surface area (Å²) in [4.78, 5) is 10.7. The van der Waals surface area contributed by atoms with Crippen LogP contribution in [0.5, 0.6) is 0 Å². The number of benzene rings is 1. The molecule has 0 bridgehead atoms. The van der Waals surface area contributed by atoms with Gasteiger partial charge in [0.15, 0.2) is 0 Å². The molecule has 0 amide bonds. The zero-order chi connectivity index (χ0) is 15.9. The lowest BCUT2D eigenvalue weighted by molar-refractivity contribution is 0.122. The monoisotopic (exact) mass is 314 g/mol. The summed E-state index contributed by atoms with van der Waals surface area (Å²) >= 11 is 0. The van der Waals surface area contributed by atoms with Gasteiger partial charge in [0.25, 0.3) is 0 Å². The molecule has 0 unspecified atom stereocenters. The molecule has 1 aliphatic rings. The molecule has 2 heterocycles. The van der Waals surface area contributed by atoms with Gasteiger partial charge in [0, 0.05) is 37.9 Å². The molecular weight excluding hydrogens is 292 g/mol. The molecule has 0 aliphatic carbocycles. The van der Waals surface area contributed by atoms with Crippen LogP contribution in [0.1, 0.15) is 0 Å². The number of ether oxygens (including phenoxy) is 1. The normalized spacial score (nSPS) is 14.5. The van der Waals surface area contributed by atoms with Crippen molar-refractivity contribution in [1.82, 2.24) is 9.97 Å². The molecule has 0 spiro atoms. The first-order chi connectivity index (χ1) is 11.3. The number of rotatable bonds is 6. The third kappa shape index (κ3) is 4.46. The standard InChI is InChI=1S/C16H22N6O/c17-16-20-14(12-15(21-16)22-8-10-23-11-9-22)19-7-6-18-13-4-2-1-3-5-13/h1-5,12,18H,6-11H2,(H3,17,19,20,21). The Labute approximate surface area is 135 Å². The SMILES string of the molecule is Nc1nc(NCCNc2ccccc2)cc(N2CCOCC2)n1. The Bertz CT molecular complexity index is 615. The highest BCUT2D eigenvalue weighted by molar-refractivity contribution is 5.53. The van der Waals surface area contributed by atoms with Crippen molar-refractivity contribution >= 4 is 23.3 Å². The molecule has 1 fully saturated rings. The fourth-order valence-electron chi connectivity index (χ4n) is 2.45. The van der Waals surface area contributed by atoms with Gasteiger partial charge in [0.2, 0.25) is 5.95 Å². The van der Waals surface area contributed by atoms with Gasteiger partial charge in [-0.15, -0.1) is 0 Å². The van der Waals surface area contributed by atoms with Crippen LogP contribution in [0.2, 0.25) is 0 Å². The molecule has 0 saturated carbocycles. The van der Waals surface area contributed by atoms with Gasteiger partial charge < -0.3 is 26.0 Å². The van der Waals surface area contributed by atoms with Crippen molar-refractivity contribution in [1.29, 1.82) is 0 Å². The highest BCUT2D eigenvalue weighted by atomic mass is 16.5. The second-order valence-electron chi connectivity index (χ2n) is 5.29. The van der Waals surface area contributed by atoms with Gasteiger partial charge in [0.1, 0.15) is 11.6 Å². The van der Waals surface area contributed by atoms with Gasteiger partial charge >= 0.3 is 0 Å². The number of para-hydroxylation sites is 1. The molecule has 7 nitrogen and oxygen atoms in total. The fourth-order valence-corrected chi connectivity index (χ4v) is 2.45. The van der Waals surface area contributed by atoms with Crippen LogP contribution in [0.4, 0.5) is 23.3 Å². The summed E-state index contributed by atoms with van der Waals surface area (Å²) in [6.07, 6.45) is 0. The number of hydrogen-bond donors (Lipinski definition) is 3. The Morgan fingerprint density at radius 2 is 1.78 bits per heavy atom. The third-order valence-electron chi connectivity index (χ3n) is 3.60. The lowest BCUT2D eigenvalue weighted by Gasteiger charge is -2.28. The second-order valence-corrected chi connectivity index (χ2v) is 5.29. The van der Waals surface area contributed by atoms with Crippen molar-refractivity contribution < 1.29 is 4.74 Å². The quantitative estimate of drug-likeness (QED) is 0.695. The Hall–Kier alpha value is -2.54. The summed E-state index contributed by atoms with van der Waals surface area (Å²) in [5, 5.41) is 6.63. The highest BCUT2D eigenvalue weighted by Crippen LogP contribution is 2.18. The number of nitrogens with two attached hydrogens (primary N) is 1. The minimum Gasteiger partial charge on any atom is -0.383 e. The number of nitrogens with zero attached hydrogens (tertiary/aromatic N) is 3. The summed E-state index contributed by atoms with van der Waals surface area (Å²) in [7, 11) is 0. The van der Waals surface area contributed by atoms with Gasteiger partial charge in [-0.1, -0.05) is 18.2 Å². The molecule has 1 saturated heterocycles.